The lowest BCUT2D eigenvalue weighted by atomic mass is 9.98. The molecule has 2 nitrogen and oxygen atoms in total. The Hall–Kier alpha value is -1.00. The quantitative estimate of drug-likeness (QED) is 0.898. The molecule has 2 rings (SSSR count). The molecule has 0 spiro atoms. The molecule has 0 amide bonds. The summed E-state index contributed by atoms with van der Waals surface area (Å²) in [7, 11) is 0. The Morgan fingerprint density at radius 3 is 2.94 bits per heavy atom. The van der Waals surface area contributed by atoms with Crippen LogP contribution < -0.4 is 5.73 Å². The van der Waals surface area contributed by atoms with E-state index in [1.165, 1.54) is 12.5 Å². The molecule has 2 atom stereocenters. The lowest BCUT2D eigenvalue weighted by molar-refractivity contribution is 0.174. The molecule has 18 heavy (non-hydrogen) atoms. The van der Waals surface area contributed by atoms with Crippen molar-refractivity contribution in [1.82, 2.24) is 4.90 Å². The summed E-state index contributed by atoms with van der Waals surface area (Å²) in [4.78, 5) is 2.24. The van der Waals surface area contributed by atoms with Gasteiger partial charge in [0.05, 0.1) is 0 Å². The first-order valence-electron chi connectivity index (χ1n) is 6.49. The second-order valence-corrected chi connectivity index (χ2v) is 5.26. The molecule has 1 aliphatic rings. The van der Waals surface area contributed by atoms with E-state index in [0.717, 1.165) is 25.6 Å². The zero-order valence-electron chi connectivity index (χ0n) is 10.7. The average molecular weight is 254 g/mol. The van der Waals surface area contributed by atoms with Crippen molar-refractivity contribution in [2.75, 3.05) is 19.6 Å². The van der Waals surface area contributed by atoms with Crippen molar-refractivity contribution in [1.29, 1.82) is 0 Å². The molecule has 4 heteroatoms. The maximum atomic E-state index is 13.6. The molecular weight excluding hydrogens is 234 g/mol. The lowest BCUT2D eigenvalue weighted by Crippen LogP contribution is -2.39. The van der Waals surface area contributed by atoms with Crippen LogP contribution >= 0.6 is 0 Å². The molecule has 0 bridgehead atoms. The predicted molar refractivity (Wildman–Crippen MR) is 68.1 cm³/mol. The highest BCUT2D eigenvalue weighted by Crippen LogP contribution is 2.21. The number of nitrogens with two attached hydrogens (primary N) is 1. The minimum Gasteiger partial charge on any atom is -0.323 e. The Kier molecular flexibility index (Phi) is 4.30. The Labute approximate surface area is 107 Å². The molecule has 1 fully saturated rings. The van der Waals surface area contributed by atoms with Gasteiger partial charge in [0.2, 0.25) is 0 Å². The van der Waals surface area contributed by atoms with E-state index in [2.05, 4.69) is 11.8 Å². The molecule has 1 aromatic rings. The van der Waals surface area contributed by atoms with E-state index in [-0.39, 0.29) is 5.56 Å². The van der Waals surface area contributed by atoms with E-state index in [9.17, 15) is 8.78 Å². The number of hydrogen-bond donors (Lipinski definition) is 1. The van der Waals surface area contributed by atoms with Crippen LogP contribution in [0, 0.1) is 17.6 Å². The molecule has 0 radical (unpaired) electrons. The number of likely N-dealkylation sites (tertiary alicyclic amines) is 1. The molecule has 1 aliphatic heterocycles. The van der Waals surface area contributed by atoms with Gasteiger partial charge >= 0.3 is 0 Å². The Morgan fingerprint density at radius 2 is 2.22 bits per heavy atom. The van der Waals surface area contributed by atoms with Crippen LogP contribution in [0.3, 0.4) is 0 Å². The van der Waals surface area contributed by atoms with E-state index in [1.807, 2.05) is 0 Å². The molecular formula is C14H20F2N2. The lowest BCUT2D eigenvalue weighted by Gasteiger charge is -2.32. The van der Waals surface area contributed by atoms with Crippen LogP contribution in [0.15, 0.2) is 18.2 Å². The Morgan fingerprint density at radius 1 is 1.44 bits per heavy atom. The SMILES string of the molecule is CC1CCCN(CC(N)c2cccc(F)c2F)C1. The second kappa shape index (κ2) is 5.76. The van der Waals surface area contributed by atoms with Crippen LogP contribution in [0.5, 0.6) is 0 Å². The summed E-state index contributed by atoms with van der Waals surface area (Å²) in [5.74, 6) is -0.978. The van der Waals surface area contributed by atoms with E-state index < -0.39 is 17.7 Å². The predicted octanol–water partition coefficient (Wildman–Crippen LogP) is 2.70. The maximum absolute atomic E-state index is 13.6. The van der Waals surface area contributed by atoms with Gasteiger partial charge in [0.15, 0.2) is 11.6 Å². The van der Waals surface area contributed by atoms with Gasteiger partial charge in [-0.2, -0.15) is 0 Å². The fourth-order valence-electron chi connectivity index (χ4n) is 2.64. The van der Waals surface area contributed by atoms with Crippen molar-refractivity contribution in [2.45, 2.75) is 25.8 Å². The molecule has 0 aliphatic carbocycles. The first-order valence-corrected chi connectivity index (χ1v) is 6.49. The van der Waals surface area contributed by atoms with Crippen LogP contribution in [0.25, 0.3) is 0 Å². The highest BCUT2D eigenvalue weighted by molar-refractivity contribution is 5.22. The summed E-state index contributed by atoms with van der Waals surface area (Å²) >= 11 is 0. The topological polar surface area (TPSA) is 29.3 Å². The normalized spacial score (nSPS) is 23.0. The molecule has 100 valence electrons. The van der Waals surface area contributed by atoms with E-state index >= 15 is 0 Å². The van der Waals surface area contributed by atoms with E-state index in [0.29, 0.717) is 12.5 Å². The zero-order valence-corrected chi connectivity index (χ0v) is 10.7. The number of piperidine rings is 1. The fraction of sp³-hybridized carbons (Fsp3) is 0.571. The summed E-state index contributed by atoms with van der Waals surface area (Å²) < 4.78 is 26.7. The summed E-state index contributed by atoms with van der Waals surface area (Å²) in [6.07, 6.45) is 2.39. The first-order chi connectivity index (χ1) is 8.58. The number of halogens is 2. The smallest absolute Gasteiger partial charge is 0.163 e. The van der Waals surface area contributed by atoms with Gasteiger partial charge in [0, 0.05) is 24.7 Å². The third kappa shape index (κ3) is 3.06. The fourth-order valence-corrected chi connectivity index (χ4v) is 2.64. The molecule has 1 heterocycles. The molecule has 0 aromatic heterocycles. The largest absolute Gasteiger partial charge is 0.323 e. The van der Waals surface area contributed by atoms with Crippen LogP contribution in [0.2, 0.25) is 0 Å². The van der Waals surface area contributed by atoms with Crippen molar-refractivity contribution in [3.05, 3.63) is 35.4 Å². The van der Waals surface area contributed by atoms with Crippen LogP contribution in [0.4, 0.5) is 8.78 Å². The number of nitrogens with zero attached hydrogens (tertiary/aromatic N) is 1. The molecule has 2 unspecified atom stereocenters. The molecule has 2 N–H and O–H groups in total. The summed E-state index contributed by atoms with van der Waals surface area (Å²) in [5.41, 5.74) is 6.26. The standard InChI is InChI=1S/C14H20F2N2/c1-10-4-3-7-18(8-10)9-13(17)11-5-2-6-12(15)14(11)16/h2,5-6,10,13H,3-4,7-9,17H2,1H3. The highest BCUT2D eigenvalue weighted by atomic mass is 19.2. The molecule has 1 saturated heterocycles. The van der Waals surface area contributed by atoms with Crippen LogP contribution in [-0.4, -0.2) is 24.5 Å². The first kappa shape index (κ1) is 13.4. The summed E-state index contributed by atoms with van der Waals surface area (Å²) in [6.45, 7) is 4.78. The Balaban J connectivity index is 2.02. The monoisotopic (exact) mass is 254 g/mol. The van der Waals surface area contributed by atoms with Gasteiger partial charge in [0.1, 0.15) is 0 Å². The second-order valence-electron chi connectivity index (χ2n) is 5.26. The summed E-state index contributed by atoms with van der Waals surface area (Å²) in [5, 5.41) is 0. The zero-order chi connectivity index (χ0) is 13.1. The number of rotatable bonds is 3. The summed E-state index contributed by atoms with van der Waals surface area (Å²) in [6, 6.07) is 3.73. The molecule has 0 saturated carbocycles. The van der Waals surface area contributed by atoms with Crippen molar-refractivity contribution < 1.29 is 8.78 Å². The maximum Gasteiger partial charge on any atom is 0.163 e. The number of hydrogen-bond acceptors (Lipinski definition) is 2. The number of benzene rings is 1. The van der Waals surface area contributed by atoms with Gasteiger partial charge < -0.3 is 10.6 Å². The van der Waals surface area contributed by atoms with Gasteiger partial charge in [0.25, 0.3) is 0 Å². The molecule has 1 aromatic carbocycles. The van der Waals surface area contributed by atoms with E-state index in [4.69, 9.17) is 5.73 Å². The minimum atomic E-state index is -0.824. The highest BCUT2D eigenvalue weighted by Gasteiger charge is 2.21. The Bertz CT molecular complexity index is 409. The van der Waals surface area contributed by atoms with Crippen LogP contribution in [0.1, 0.15) is 31.4 Å². The van der Waals surface area contributed by atoms with Crippen LogP contribution in [-0.2, 0) is 0 Å². The minimum absolute atomic E-state index is 0.272. The van der Waals surface area contributed by atoms with Crippen molar-refractivity contribution in [3.8, 4) is 0 Å². The van der Waals surface area contributed by atoms with Crippen molar-refractivity contribution in [3.63, 3.8) is 0 Å². The van der Waals surface area contributed by atoms with Crippen molar-refractivity contribution in [2.24, 2.45) is 11.7 Å². The van der Waals surface area contributed by atoms with Gasteiger partial charge in [-0.1, -0.05) is 19.1 Å². The van der Waals surface area contributed by atoms with E-state index in [1.54, 1.807) is 6.07 Å². The van der Waals surface area contributed by atoms with Gasteiger partial charge in [-0.15, -0.1) is 0 Å². The van der Waals surface area contributed by atoms with Gasteiger partial charge in [-0.25, -0.2) is 8.78 Å². The van der Waals surface area contributed by atoms with Crippen molar-refractivity contribution >= 4 is 0 Å². The third-order valence-corrected chi connectivity index (χ3v) is 3.58. The average Bonchev–Trinajstić information content (AvgIpc) is 2.32. The van der Waals surface area contributed by atoms with Gasteiger partial charge in [-0.05, 0) is 31.4 Å². The third-order valence-electron chi connectivity index (χ3n) is 3.58. The van der Waals surface area contributed by atoms with Gasteiger partial charge in [-0.3, -0.25) is 0 Å².